The highest BCUT2D eigenvalue weighted by atomic mass is 16.6. The van der Waals surface area contributed by atoms with Crippen molar-refractivity contribution in [3.05, 3.63) is 116 Å². The summed E-state index contributed by atoms with van der Waals surface area (Å²) in [5.41, 5.74) is 1.42. The maximum Gasteiger partial charge on any atom is 0.277 e. The van der Waals surface area contributed by atoms with Gasteiger partial charge < -0.3 is 9.47 Å². The second-order valence-corrected chi connectivity index (χ2v) is 7.76. The molecule has 0 aromatic heterocycles. The average molecular weight is 484 g/mol. The summed E-state index contributed by atoms with van der Waals surface area (Å²) in [6.07, 6.45) is 0. The zero-order chi connectivity index (χ0) is 25.8. The van der Waals surface area contributed by atoms with Crippen molar-refractivity contribution in [2.24, 2.45) is 0 Å². The Bertz CT molecular complexity index is 1350. The summed E-state index contributed by atoms with van der Waals surface area (Å²) in [7, 11) is 3.04. The van der Waals surface area contributed by atoms with Gasteiger partial charge in [-0.1, -0.05) is 24.3 Å². The van der Waals surface area contributed by atoms with Crippen molar-refractivity contribution in [3.63, 3.8) is 0 Å². The molecule has 9 nitrogen and oxygen atoms in total. The molecule has 0 N–H and O–H groups in total. The maximum absolute atomic E-state index is 13.2. The highest BCUT2D eigenvalue weighted by Gasteiger charge is 2.23. The van der Waals surface area contributed by atoms with E-state index in [2.05, 4.69) is 0 Å². The van der Waals surface area contributed by atoms with Crippen LogP contribution in [0.15, 0.2) is 84.9 Å². The van der Waals surface area contributed by atoms with Crippen molar-refractivity contribution in [1.82, 2.24) is 0 Å². The number of carbonyl (C=O) groups excluding carboxylic acids is 1. The summed E-state index contributed by atoms with van der Waals surface area (Å²) in [6, 6.07) is 21.8. The van der Waals surface area contributed by atoms with E-state index in [-0.39, 0.29) is 22.5 Å². The number of ether oxygens (including phenoxy) is 2. The molecular weight excluding hydrogens is 464 g/mol. The third kappa shape index (κ3) is 4.76. The lowest BCUT2D eigenvalue weighted by Gasteiger charge is -2.09. The SMILES string of the molecule is COc1ccc(-c2ccc(C(=O)c3ccc(-c4ccc(OC)cc4)c([N+](=O)[O-])c3)cc2[N+](=O)[O-])cc1. The lowest BCUT2D eigenvalue weighted by atomic mass is 9.95. The number of hydrogen-bond acceptors (Lipinski definition) is 7. The van der Waals surface area contributed by atoms with E-state index in [1.807, 2.05) is 0 Å². The number of ketones is 1. The summed E-state index contributed by atoms with van der Waals surface area (Å²) < 4.78 is 10.2. The second kappa shape index (κ2) is 10.1. The number of hydrogen-bond donors (Lipinski definition) is 0. The molecule has 0 aliphatic rings. The summed E-state index contributed by atoms with van der Waals surface area (Å²) >= 11 is 0. The van der Waals surface area contributed by atoms with Crippen molar-refractivity contribution in [2.45, 2.75) is 0 Å². The van der Waals surface area contributed by atoms with Gasteiger partial charge in [-0.15, -0.1) is 0 Å². The van der Waals surface area contributed by atoms with E-state index in [4.69, 9.17) is 9.47 Å². The van der Waals surface area contributed by atoms with E-state index in [0.717, 1.165) is 0 Å². The standard InChI is InChI=1S/C27H20N2O7/c1-35-21-9-3-17(4-10-21)23-13-7-19(15-25(23)28(31)32)27(30)20-8-14-24(26(16-20)29(33)34)18-5-11-22(36-2)12-6-18/h3-16H,1-2H3. The largest absolute Gasteiger partial charge is 0.497 e. The first-order valence-corrected chi connectivity index (χ1v) is 10.7. The number of nitrogens with zero attached hydrogens (tertiary/aromatic N) is 2. The summed E-state index contributed by atoms with van der Waals surface area (Å²) in [5.74, 6) is 0.643. The number of nitro groups is 2. The smallest absolute Gasteiger partial charge is 0.277 e. The van der Waals surface area contributed by atoms with Crippen LogP contribution in [0.5, 0.6) is 11.5 Å². The van der Waals surface area contributed by atoms with Crippen molar-refractivity contribution >= 4 is 17.2 Å². The number of carbonyl (C=O) groups is 1. The molecule has 0 aliphatic carbocycles. The Morgan fingerprint density at radius 1 is 0.611 bits per heavy atom. The highest BCUT2D eigenvalue weighted by Crippen LogP contribution is 2.35. The Morgan fingerprint density at radius 2 is 0.972 bits per heavy atom. The van der Waals surface area contributed by atoms with Crippen molar-refractivity contribution < 1.29 is 24.1 Å². The van der Waals surface area contributed by atoms with Crippen LogP contribution >= 0.6 is 0 Å². The summed E-state index contributed by atoms with van der Waals surface area (Å²) in [5, 5.41) is 23.6. The van der Waals surface area contributed by atoms with Crippen LogP contribution in [0.4, 0.5) is 11.4 Å². The van der Waals surface area contributed by atoms with E-state index >= 15 is 0 Å². The van der Waals surface area contributed by atoms with Crippen molar-refractivity contribution in [3.8, 4) is 33.8 Å². The quantitative estimate of drug-likeness (QED) is 0.169. The monoisotopic (exact) mass is 484 g/mol. The van der Waals surface area contributed by atoms with Crippen LogP contribution < -0.4 is 9.47 Å². The van der Waals surface area contributed by atoms with Crippen molar-refractivity contribution in [1.29, 1.82) is 0 Å². The molecule has 0 radical (unpaired) electrons. The van der Waals surface area contributed by atoms with Gasteiger partial charge in [0.25, 0.3) is 11.4 Å². The lowest BCUT2D eigenvalue weighted by Crippen LogP contribution is -2.04. The van der Waals surface area contributed by atoms with Gasteiger partial charge in [-0.25, -0.2) is 0 Å². The van der Waals surface area contributed by atoms with Gasteiger partial charge in [0.1, 0.15) is 11.5 Å². The molecule has 0 spiro atoms. The van der Waals surface area contributed by atoms with Crippen LogP contribution in [-0.2, 0) is 0 Å². The van der Waals surface area contributed by atoms with E-state index in [1.165, 1.54) is 50.6 Å². The van der Waals surface area contributed by atoms with E-state index in [1.54, 1.807) is 48.5 Å². The minimum absolute atomic E-state index is 0.0467. The molecule has 0 bridgehead atoms. The van der Waals surface area contributed by atoms with Gasteiger partial charge in [-0.3, -0.25) is 25.0 Å². The molecular formula is C27H20N2O7. The molecule has 0 atom stereocenters. The molecule has 4 aromatic carbocycles. The number of benzene rings is 4. The number of rotatable bonds is 8. The molecule has 0 fully saturated rings. The molecule has 0 aliphatic heterocycles. The fraction of sp³-hybridized carbons (Fsp3) is 0.0741. The second-order valence-electron chi connectivity index (χ2n) is 7.76. The fourth-order valence-electron chi connectivity index (χ4n) is 3.84. The summed E-state index contributed by atoms with van der Waals surface area (Å²) in [4.78, 5) is 35.6. The average Bonchev–Trinajstić information content (AvgIpc) is 2.92. The Hall–Kier alpha value is -5.05. The molecule has 0 saturated carbocycles. The number of methoxy groups -OCH3 is 2. The molecule has 0 heterocycles. The Balaban J connectivity index is 1.72. The third-order valence-corrected chi connectivity index (χ3v) is 5.72. The van der Waals surface area contributed by atoms with E-state index in [0.29, 0.717) is 33.8 Å². The highest BCUT2D eigenvalue weighted by molar-refractivity contribution is 6.10. The molecule has 4 aromatic rings. The molecule has 4 rings (SSSR count). The number of nitro benzene ring substituents is 2. The minimum atomic E-state index is -0.566. The van der Waals surface area contributed by atoms with Crippen LogP contribution in [-0.4, -0.2) is 29.8 Å². The normalized spacial score (nSPS) is 10.5. The van der Waals surface area contributed by atoms with Gasteiger partial charge in [-0.2, -0.15) is 0 Å². The topological polar surface area (TPSA) is 122 Å². The van der Waals surface area contributed by atoms with Crippen molar-refractivity contribution in [2.75, 3.05) is 14.2 Å². The first-order chi connectivity index (χ1) is 17.3. The Morgan fingerprint density at radius 3 is 1.28 bits per heavy atom. The predicted molar refractivity (Wildman–Crippen MR) is 134 cm³/mol. The first kappa shape index (κ1) is 24.1. The van der Waals surface area contributed by atoms with Gasteiger partial charge >= 0.3 is 0 Å². The Kier molecular flexibility index (Phi) is 6.73. The van der Waals surface area contributed by atoms with Gasteiger partial charge in [0, 0.05) is 23.3 Å². The molecule has 180 valence electrons. The molecule has 0 unspecified atom stereocenters. The van der Waals surface area contributed by atoms with E-state index < -0.39 is 15.6 Å². The van der Waals surface area contributed by atoms with Gasteiger partial charge in [0.15, 0.2) is 5.78 Å². The van der Waals surface area contributed by atoms with Gasteiger partial charge in [0.2, 0.25) is 0 Å². The fourth-order valence-corrected chi connectivity index (χ4v) is 3.84. The van der Waals surface area contributed by atoms with E-state index in [9.17, 15) is 25.0 Å². The molecule has 0 amide bonds. The minimum Gasteiger partial charge on any atom is -0.497 e. The van der Waals surface area contributed by atoms with Crippen LogP contribution in [0.3, 0.4) is 0 Å². The van der Waals surface area contributed by atoms with Crippen LogP contribution in [0.2, 0.25) is 0 Å². The third-order valence-electron chi connectivity index (χ3n) is 5.72. The molecule has 9 heteroatoms. The zero-order valence-electron chi connectivity index (χ0n) is 19.3. The summed E-state index contributed by atoms with van der Waals surface area (Å²) in [6.45, 7) is 0. The zero-order valence-corrected chi connectivity index (χ0v) is 19.3. The predicted octanol–water partition coefficient (Wildman–Crippen LogP) is 6.09. The Labute approximate surface area is 205 Å². The van der Waals surface area contributed by atoms with Crippen LogP contribution in [0.25, 0.3) is 22.3 Å². The first-order valence-electron chi connectivity index (χ1n) is 10.7. The van der Waals surface area contributed by atoms with Crippen LogP contribution in [0, 0.1) is 20.2 Å². The molecule has 36 heavy (non-hydrogen) atoms. The van der Waals surface area contributed by atoms with Gasteiger partial charge in [0.05, 0.1) is 35.2 Å². The van der Waals surface area contributed by atoms with Gasteiger partial charge in [-0.05, 0) is 59.7 Å². The molecule has 0 saturated heterocycles. The van der Waals surface area contributed by atoms with Crippen LogP contribution in [0.1, 0.15) is 15.9 Å². The lowest BCUT2D eigenvalue weighted by molar-refractivity contribution is -0.384. The maximum atomic E-state index is 13.2.